The van der Waals surface area contributed by atoms with Crippen molar-refractivity contribution in [2.24, 2.45) is 0 Å². The van der Waals surface area contributed by atoms with Gasteiger partial charge in [-0.25, -0.2) is 14.8 Å². The van der Waals surface area contributed by atoms with Crippen molar-refractivity contribution >= 4 is 23.5 Å². The Bertz CT molecular complexity index is 536. The highest BCUT2D eigenvalue weighted by Crippen LogP contribution is 2.25. The van der Waals surface area contributed by atoms with Gasteiger partial charge >= 0.3 is 6.09 Å². The Balaban J connectivity index is 2.24. The maximum Gasteiger partial charge on any atom is 0.410 e. The molecule has 2 N–H and O–H groups in total. The van der Waals surface area contributed by atoms with Gasteiger partial charge in [-0.05, 0) is 33.6 Å². The Morgan fingerprint density at radius 2 is 2.09 bits per heavy atom. The van der Waals surface area contributed by atoms with Crippen molar-refractivity contribution in [3.05, 3.63) is 17.0 Å². The molecule has 0 aromatic carbocycles. The Morgan fingerprint density at radius 3 is 2.65 bits per heavy atom. The predicted octanol–water partition coefficient (Wildman–Crippen LogP) is 2.63. The lowest BCUT2D eigenvalue weighted by Crippen LogP contribution is -2.45. The average Bonchev–Trinajstić information content (AvgIpc) is 2.46. The van der Waals surface area contributed by atoms with Crippen LogP contribution in [-0.4, -0.2) is 45.8 Å². The Hall–Kier alpha value is -1.60. The summed E-state index contributed by atoms with van der Waals surface area (Å²) in [4.78, 5) is 22.2. The van der Waals surface area contributed by atoms with Gasteiger partial charge in [-0.15, -0.1) is 0 Å². The fraction of sp³-hybridized carbons (Fsp3) is 0.667. The number of anilines is 1. The SMILES string of the molecule is CC(C)(C)OC(=O)N(Cc1c(N)ncnc1Cl)C1CCOCC1. The lowest BCUT2D eigenvalue weighted by Gasteiger charge is -2.35. The van der Waals surface area contributed by atoms with Crippen molar-refractivity contribution in [2.75, 3.05) is 18.9 Å². The zero-order valence-corrected chi connectivity index (χ0v) is 14.5. The minimum atomic E-state index is -0.580. The summed E-state index contributed by atoms with van der Waals surface area (Å²) in [5.74, 6) is 0.269. The number of hydrogen-bond donors (Lipinski definition) is 1. The number of rotatable bonds is 3. The van der Waals surface area contributed by atoms with Crippen molar-refractivity contribution in [1.82, 2.24) is 14.9 Å². The fourth-order valence-electron chi connectivity index (χ4n) is 2.38. The van der Waals surface area contributed by atoms with Crippen LogP contribution >= 0.6 is 11.6 Å². The maximum absolute atomic E-state index is 12.6. The normalized spacial score (nSPS) is 16.2. The molecule has 1 aliphatic heterocycles. The van der Waals surface area contributed by atoms with Crippen LogP contribution in [0.4, 0.5) is 10.6 Å². The summed E-state index contributed by atoms with van der Waals surface area (Å²) in [6, 6.07) is 0.00859. The second-order valence-electron chi connectivity index (χ2n) is 6.48. The highest BCUT2D eigenvalue weighted by molar-refractivity contribution is 6.30. The molecule has 1 amide bonds. The number of carbonyl (C=O) groups is 1. The number of nitrogens with zero attached hydrogens (tertiary/aromatic N) is 3. The van der Waals surface area contributed by atoms with Gasteiger partial charge in [-0.3, -0.25) is 0 Å². The molecule has 0 radical (unpaired) electrons. The standard InChI is InChI=1S/C15H23ClN4O3/c1-15(2,3)23-14(21)20(10-4-6-22-7-5-10)8-11-12(16)18-9-19-13(11)17/h9-10H,4-8H2,1-3H3,(H2,17,18,19). The van der Waals surface area contributed by atoms with E-state index in [2.05, 4.69) is 9.97 Å². The lowest BCUT2D eigenvalue weighted by atomic mass is 10.1. The van der Waals surface area contributed by atoms with Gasteiger partial charge in [-0.2, -0.15) is 0 Å². The average molecular weight is 343 g/mol. The molecule has 1 aliphatic rings. The number of amides is 1. The maximum atomic E-state index is 12.6. The van der Waals surface area contributed by atoms with Crippen LogP contribution in [0.25, 0.3) is 0 Å². The minimum Gasteiger partial charge on any atom is -0.444 e. The quantitative estimate of drug-likeness (QED) is 0.849. The first-order valence-corrected chi connectivity index (χ1v) is 7.98. The number of halogens is 1. The fourth-order valence-corrected chi connectivity index (χ4v) is 2.58. The number of nitrogen functional groups attached to an aromatic ring is 1. The first-order chi connectivity index (χ1) is 10.8. The zero-order valence-electron chi connectivity index (χ0n) is 13.7. The molecule has 2 heterocycles. The van der Waals surface area contributed by atoms with Crippen molar-refractivity contribution in [2.45, 2.75) is 51.8 Å². The molecule has 23 heavy (non-hydrogen) atoms. The molecule has 128 valence electrons. The topological polar surface area (TPSA) is 90.6 Å². The van der Waals surface area contributed by atoms with Crippen LogP contribution in [0.1, 0.15) is 39.2 Å². The predicted molar refractivity (Wildman–Crippen MR) is 87.1 cm³/mol. The van der Waals surface area contributed by atoms with Crippen LogP contribution in [0.15, 0.2) is 6.33 Å². The van der Waals surface area contributed by atoms with Gasteiger partial charge in [-0.1, -0.05) is 11.6 Å². The second kappa shape index (κ2) is 7.31. The smallest absolute Gasteiger partial charge is 0.410 e. The molecular formula is C15H23ClN4O3. The summed E-state index contributed by atoms with van der Waals surface area (Å²) in [6.45, 7) is 6.93. The van der Waals surface area contributed by atoms with Crippen LogP contribution in [-0.2, 0) is 16.0 Å². The molecule has 0 aliphatic carbocycles. The highest BCUT2D eigenvalue weighted by atomic mass is 35.5. The summed E-state index contributed by atoms with van der Waals surface area (Å²) in [5.41, 5.74) is 5.84. The molecule has 1 aromatic heterocycles. The van der Waals surface area contributed by atoms with Gasteiger partial charge in [0.05, 0.1) is 12.1 Å². The highest BCUT2D eigenvalue weighted by Gasteiger charge is 2.31. The largest absolute Gasteiger partial charge is 0.444 e. The van der Waals surface area contributed by atoms with Crippen LogP contribution in [0.5, 0.6) is 0 Å². The van der Waals surface area contributed by atoms with Crippen LogP contribution < -0.4 is 5.73 Å². The summed E-state index contributed by atoms with van der Waals surface area (Å²) in [7, 11) is 0. The van der Waals surface area contributed by atoms with E-state index in [1.54, 1.807) is 4.90 Å². The monoisotopic (exact) mass is 342 g/mol. The molecule has 0 unspecified atom stereocenters. The minimum absolute atomic E-state index is 0.00859. The molecule has 1 fully saturated rings. The molecule has 2 rings (SSSR count). The molecule has 0 spiro atoms. The summed E-state index contributed by atoms with van der Waals surface area (Å²) < 4.78 is 10.9. The van der Waals surface area contributed by atoms with E-state index in [-0.39, 0.29) is 23.6 Å². The third-order valence-electron chi connectivity index (χ3n) is 3.51. The number of carbonyl (C=O) groups excluding carboxylic acids is 1. The van der Waals surface area contributed by atoms with Crippen molar-refractivity contribution in [3.63, 3.8) is 0 Å². The van der Waals surface area contributed by atoms with Gasteiger partial charge in [0.2, 0.25) is 0 Å². The molecule has 1 aromatic rings. The van der Waals surface area contributed by atoms with E-state index >= 15 is 0 Å². The van der Waals surface area contributed by atoms with E-state index in [4.69, 9.17) is 26.8 Å². The molecule has 0 saturated carbocycles. The van der Waals surface area contributed by atoms with Crippen LogP contribution in [0, 0.1) is 0 Å². The van der Waals surface area contributed by atoms with E-state index in [9.17, 15) is 4.79 Å². The van der Waals surface area contributed by atoms with Gasteiger partial charge < -0.3 is 20.1 Å². The first kappa shape index (κ1) is 17.7. The number of hydrogen-bond acceptors (Lipinski definition) is 6. The van der Waals surface area contributed by atoms with Crippen molar-refractivity contribution in [3.8, 4) is 0 Å². The molecule has 1 saturated heterocycles. The van der Waals surface area contributed by atoms with Crippen LogP contribution in [0.2, 0.25) is 5.15 Å². The summed E-state index contributed by atoms with van der Waals surface area (Å²) >= 11 is 6.12. The molecule has 0 atom stereocenters. The Kier molecular flexibility index (Phi) is 5.64. The van der Waals surface area contributed by atoms with Crippen molar-refractivity contribution in [1.29, 1.82) is 0 Å². The van der Waals surface area contributed by atoms with Crippen molar-refractivity contribution < 1.29 is 14.3 Å². The number of ether oxygens (including phenoxy) is 2. The Labute approximate surface area is 141 Å². The van der Waals surface area contributed by atoms with E-state index in [0.717, 1.165) is 12.8 Å². The molecule has 8 heteroatoms. The van der Waals surface area contributed by atoms with Crippen LogP contribution in [0.3, 0.4) is 0 Å². The zero-order chi connectivity index (χ0) is 17.0. The molecular weight excluding hydrogens is 320 g/mol. The van der Waals surface area contributed by atoms with E-state index in [0.29, 0.717) is 18.8 Å². The molecule has 0 bridgehead atoms. The third kappa shape index (κ3) is 4.94. The van der Waals surface area contributed by atoms with E-state index < -0.39 is 11.7 Å². The first-order valence-electron chi connectivity index (χ1n) is 7.60. The summed E-state index contributed by atoms with van der Waals surface area (Å²) in [6.07, 6.45) is 2.38. The lowest BCUT2D eigenvalue weighted by molar-refractivity contribution is -0.00804. The van der Waals surface area contributed by atoms with Gasteiger partial charge in [0.1, 0.15) is 22.9 Å². The van der Waals surface area contributed by atoms with E-state index in [1.807, 2.05) is 20.8 Å². The van der Waals surface area contributed by atoms with E-state index in [1.165, 1.54) is 6.33 Å². The summed E-state index contributed by atoms with van der Waals surface area (Å²) in [5, 5.41) is 0.248. The third-order valence-corrected chi connectivity index (χ3v) is 3.84. The number of aromatic nitrogens is 2. The number of nitrogens with two attached hydrogens (primary N) is 1. The molecule has 7 nitrogen and oxygen atoms in total. The van der Waals surface area contributed by atoms with Gasteiger partial charge in [0.25, 0.3) is 0 Å². The Morgan fingerprint density at radius 1 is 1.43 bits per heavy atom. The van der Waals surface area contributed by atoms with Gasteiger partial charge in [0.15, 0.2) is 0 Å². The second-order valence-corrected chi connectivity index (χ2v) is 6.84. The van der Waals surface area contributed by atoms with Gasteiger partial charge in [0, 0.05) is 19.3 Å².